The molecule has 0 bridgehead atoms. The number of hydrogen-bond donors (Lipinski definition) is 0. The maximum atomic E-state index is 14.4. The van der Waals surface area contributed by atoms with Gasteiger partial charge in [0.15, 0.2) is 0 Å². The summed E-state index contributed by atoms with van der Waals surface area (Å²) in [6.07, 6.45) is -13.3. The molecule has 0 amide bonds. The molecule has 1 atom stereocenters. The summed E-state index contributed by atoms with van der Waals surface area (Å²) in [6.45, 7) is 2.28. The van der Waals surface area contributed by atoms with Gasteiger partial charge in [-0.2, -0.15) is 74.6 Å². The van der Waals surface area contributed by atoms with Crippen LogP contribution in [0.2, 0.25) is 0 Å². The van der Waals surface area contributed by atoms with Gasteiger partial charge in [-0.3, -0.25) is 4.90 Å². The van der Waals surface area contributed by atoms with E-state index in [1.54, 1.807) is 0 Å². The third kappa shape index (κ3) is 5.94. The highest BCUT2D eigenvalue weighted by molar-refractivity contribution is 5.87. The van der Waals surface area contributed by atoms with Crippen LogP contribution in [0.15, 0.2) is 12.2 Å². The van der Waals surface area contributed by atoms with Crippen molar-refractivity contribution in [1.29, 1.82) is 0 Å². The second-order valence-electron chi connectivity index (χ2n) is 8.57. The molecular weight excluding hydrogens is 613 g/mol. The van der Waals surface area contributed by atoms with Crippen molar-refractivity contribution in [2.24, 2.45) is 0 Å². The first-order valence-electron chi connectivity index (χ1n) is 10.4. The third-order valence-corrected chi connectivity index (χ3v) is 5.46. The maximum absolute atomic E-state index is 14.4. The largest absolute Gasteiger partial charge is 0.460 e. The molecule has 1 heterocycles. The average molecular weight is 631 g/mol. The van der Waals surface area contributed by atoms with Gasteiger partial charge in [-0.15, -0.1) is 0 Å². The van der Waals surface area contributed by atoms with Gasteiger partial charge in [0.25, 0.3) is 0 Å². The van der Waals surface area contributed by atoms with Crippen molar-refractivity contribution in [3.63, 3.8) is 0 Å². The van der Waals surface area contributed by atoms with E-state index >= 15 is 0 Å². The van der Waals surface area contributed by atoms with Gasteiger partial charge in [0.2, 0.25) is 0 Å². The van der Waals surface area contributed by atoms with Gasteiger partial charge in [0.05, 0.1) is 19.6 Å². The zero-order valence-corrected chi connectivity index (χ0v) is 19.6. The Morgan fingerprint density at radius 1 is 0.725 bits per heavy atom. The lowest BCUT2D eigenvalue weighted by atomic mass is 9.87. The monoisotopic (exact) mass is 631 g/mol. The minimum absolute atomic E-state index is 0.121. The van der Waals surface area contributed by atoms with E-state index in [1.807, 2.05) is 0 Å². The molecule has 0 spiro atoms. The van der Waals surface area contributed by atoms with Crippen LogP contribution >= 0.6 is 0 Å². The van der Waals surface area contributed by atoms with Crippen molar-refractivity contribution in [2.75, 3.05) is 32.8 Å². The molecule has 0 aromatic rings. The summed E-state index contributed by atoms with van der Waals surface area (Å²) in [5, 5.41) is 0. The quantitative estimate of drug-likeness (QED) is 0.146. The molecule has 0 radical (unpaired) electrons. The van der Waals surface area contributed by atoms with Crippen LogP contribution in [0.25, 0.3) is 0 Å². The fraction of sp³-hybridized carbons (Fsp3) is 0.842. The second kappa shape index (κ2) is 11.0. The van der Waals surface area contributed by atoms with Crippen LogP contribution in [0.4, 0.5) is 74.6 Å². The molecule has 0 N–H and O–H groups in total. The summed E-state index contributed by atoms with van der Waals surface area (Å²) in [6, 6.07) is 0. The smallest absolute Gasteiger partial charge is 0.457 e. The van der Waals surface area contributed by atoms with Crippen molar-refractivity contribution in [3.05, 3.63) is 12.2 Å². The van der Waals surface area contributed by atoms with E-state index in [4.69, 9.17) is 4.74 Å². The molecule has 21 heteroatoms. The average Bonchev–Trinajstić information content (AvgIpc) is 2.77. The third-order valence-electron chi connectivity index (χ3n) is 5.46. The Bertz CT molecular complexity index is 925. The Morgan fingerprint density at radius 2 is 1.10 bits per heavy atom. The Balaban J connectivity index is 3.52. The van der Waals surface area contributed by atoms with E-state index in [9.17, 15) is 79.4 Å². The molecule has 40 heavy (non-hydrogen) atoms. The molecule has 1 saturated heterocycles. The van der Waals surface area contributed by atoms with Crippen LogP contribution < -0.4 is 0 Å². The van der Waals surface area contributed by atoms with E-state index < -0.39 is 78.2 Å². The number of alkyl halides is 17. The number of carbonyl (C=O) groups is 1. The fourth-order valence-electron chi connectivity index (χ4n) is 3.08. The van der Waals surface area contributed by atoms with Crippen molar-refractivity contribution >= 4 is 5.97 Å². The van der Waals surface area contributed by atoms with Gasteiger partial charge < -0.3 is 9.47 Å². The second-order valence-corrected chi connectivity index (χ2v) is 8.57. The molecule has 0 aromatic heterocycles. The number of carbonyl (C=O) groups excluding carboxylic acids is 1. The highest BCUT2D eigenvalue weighted by atomic mass is 19.4. The Hall–Kier alpha value is -2.06. The Morgan fingerprint density at radius 3 is 1.48 bits per heavy atom. The number of nitrogens with zero attached hydrogens (tertiary/aromatic N) is 1. The Labute approximate surface area is 213 Å². The van der Waals surface area contributed by atoms with Crippen molar-refractivity contribution < 1.29 is 88.9 Å². The van der Waals surface area contributed by atoms with Gasteiger partial charge in [-0.05, 0) is 6.92 Å². The fourth-order valence-corrected chi connectivity index (χ4v) is 3.08. The number of esters is 1. The van der Waals surface area contributed by atoms with Crippen molar-refractivity contribution in [1.82, 2.24) is 4.90 Å². The van der Waals surface area contributed by atoms with Gasteiger partial charge in [-0.25, -0.2) is 4.79 Å². The lowest BCUT2D eigenvalue weighted by Crippen LogP contribution is -2.74. The number of ether oxygens (including phenoxy) is 2. The zero-order valence-electron chi connectivity index (χ0n) is 19.6. The van der Waals surface area contributed by atoms with Gasteiger partial charge in [-0.1, -0.05) is 6.58 Å². The molecule has 4 nitrogen and oxygen atoms in total. The first-order chi connectivity index (χ1) is 17.5. The number of morpholine rings is 1. The molecular formula is C19H18F17NO3. The van der Waals surface area contributed by atoms with Crippen LogP contribution in [0.5, 0.6) is 0 Å². The van der Waals surface area contributed by atoms with Crippen LogP contribution in [-0.2, 0) is 14.3 Å². The molecule has 0 saturated carbocycles. The van der Waals surface area contributed by atoms with E-state index in [1.165, 1.54) is 0 Å². The van der Waals surface area contributed by atoms with Crippen molar-refractivity contribution in [3.8, 4) is 0 Å². The first kappa shape index (κ1) is 36.0. The standard InChI is InChI=1S/C19H18F17NO3/c1-9(2)11(38)40-10(8-37-3-5-39-6-4-37)7-12(20,21)13(22,23)14(24,25)15(26,27)16(28,29)17(30,31)18(32,33)19(34,35)36/h10H,1,3-8H2,2H3. The highest BCUT2D eigenvalue weighted by Gasteiger charge is 2.95. The molecule has 236 valence electrons. The highest BCUT2D eigenvalue weighted by Crippen LogP contribution is 2.64. The zero-order chi connectivity index (χ0) is 32.0. The lowest BCUT2D eigenvalue weighted by molar-refractivity contribution is -0.462. The molecule has 0 aromatic carbocycles. The molecule has 1 fully saturated rings. The van der Waals surface area contributed by atoms with Gasteiger partial charge in [0, 0.05) is 25.2 Å². The molecule has 1 rings (SSSR count). The van der Waals surface area contributed by atoms with E-state index in [-0.39, 0.29) is 26.3 Å². The van der Waals surface area contributed by atoms with Crippen molar-refractivity contribution in [2.45, 2.75) is 67.1 Å². The van der Waals surface area contributed by atoms with Crippen LogP contribution in [-0.4, -0.2) is 97.5 Å². The van der Waals surface area contributed by atoms with Crippen LogP contribution in [0.1, 0.15) is 13.3 Å². The summed E-state index contributed by atoms with van der Waals surface area (Å²) >= 11 is 0. The van der Waals surface area contributed by atoms with E-state index in [0.29, 0.717) is 0 Å². The lowest BCUT2D eigenvalue weighted by Gasteiger charge is -2.43. The molecule has 0 aliphatic carbocycles. The van der Waals surface area contributed by atoms with E-state index in [2.05, 4.69) is 11.3 Å². The van der Waals surface area contributed by atoms with Gasteiger partial charge >= 0.3 is 53.6 Å². The van der Waals surface area contributed by atoms with Crippen LogP contribution in [0.3, 0.4) is 0 Å². The molecule has 1 unspecified atom stereocenters. The summed E-state index contributed by atoms with van der Waals surface area (Å²) in [4.78, 5) is 12.7. The number of halogens is 17. The minimum Gasteiger partial charge on any atom is -0.457 e. The SMILES string of the molecule is C=C(C)C(=O)OC(CN1CCOCC1)CC(F)(F)C(F)(F)C(F)(F)C(F)(F)C(F)(F)C(F)(F)C(F)(F)C(F)(F)F. The predicted octanol–water partition coefficient (Wildman–Crippen LogP) is 6.21. The van der Waals surface area contributed by atoms with E-state index in [0.717, 1.165) is 11.8 Å². The summed E-state index contributed by atoms with van der Waals surface area (Å²) in [5.74, 6) is -58.7. The molecule has 1 aliphatic rings. The summed E-state index contributed by atoms with van der Waals surface area (Å²) in [7, 11) is 0. The first-order valence-corrected chi connectivity index (χ1v) is 10.4. The molecule has 1 aliphatic heterocycles. The predicted molar refractivity (Wildman–Crippen MR) is 97.3 cm³/mol. The van der Waals surface area contributed by atoms with Gasteiger partial charge in [0.1, 0.15) is 6.10 Å². The minimum atomic E-state index is -8.71. The number of hydrogen-bond acceptors (Lipinski definition) is 4. The number of rotatable bonds is 12. The maximum Gasteiger partial charge on any atom is 0.460 e. The Kier molecular flexibility index (Phi) is 9.87. The summed E-state index contributed by atoms with van der Waals surface area (Å²) in [5.41, 5.74) is -0.591. The summed E-state index contributed by atoms with van der Waals surface area (Å²) < 4.78 is 238. The topological polar surface area (TPSA) is 38.8 Å². The normalized spacial score (nSPS) is 18.4. The van der Waals surface area contributed by atoms with Crippen LogP contribution in [0, 0.1) is 0 Å².